The minimum absolute atomic E-state index is 0.307. The van der Waals surface area contributed by atoms with E-state index in [0.717, 1.165) is 11.3 Å². The molecule has 0 radical (unpaired) electrons. The van der Waals surface area contributed by atoms with Crippen molar-refractivity contribution in [2.75, 3.05) is 23.5 Å². The SMILES string of the molecule is COc1ccc(CNC(=O)c2ccc3c(c2)NC(=O)C(CS(=O)(=O)Cc2ccc(F)cc2)N3)cc1. The Labute approximate surface area is 202 Å². The summed E-state index contributed by atoms with van der Waals surface area (Å²) in [6, 6.07) is 16.2. The Morgan fingerprint density at radius 3 is 2.37 bits per heavy atom. The first-order chi connectivity index (χ1) is 16.7. The number of carbonyl (C=O) groups is 2. The van der Waals surface area contributed by atoms with E-state index in [1.54, 1.807) is 31.4 Å². The second kappa shape index (κ2) is 10.1. The summed E-state index contributed by atoms with van der Waals surface area (Å²) in [4.78, 5) is 25.2. The molecule has 0 saturated heterocycles. The van der Waals surface area contributed by atoms with Crippen LogP contribution >= 0.6 is 0 Å². The number of benzene rings is 3. The fourth-order valence-corrected chi connectivity index (χ4v) is 5.24. The molecule has 3 aromatic rings. The molecule has 0 aromatic heterocycles. The zero-order valence-corrected chi connectivity index (χ0v) is 19.7. The lowest BCUT2D eigenvalue weighted by molar-refractivity contribution is -0.116. The van der Waals surface area contributed by atoms with Crippen LogP contribution < -0.4 is 20.7 Å². The zero-order chi connectivity index (χ0) is 25.0. The first-order valence-electron chi connectivity index (χ1n) is 10.8. The molecule has 0 spiro atoms. The summed E-state index contributed by atoms with van der Waals surface area (Å²) < 4.78 is 43.4. The van der Waals surface area contributed by atoms with E-state index >= 15 is 0 Å². The number of fused-ring (bicyclic) bond motifs is 1. The number of ether oxygens (including phenoxy) is 1. The Kier molecular flexibility index (Phi) is 7.02. The van der Waals surface area contributed by atoms with Gasteiger partial charge in [0, 0.05) is 12.1 Å². The van der Waals surface area contributed by atoms with Crippen molar-refractivity contribution in [3.63, 3.8) is 0 Å². The van der Waals surface area contributed by atoms with E-state index in [1.165, 1.54) is 30.3 Å². The van der Waals surface area contributed by atoms with E-state index in [1.807, 2.05) is 12.1 Å². The van der Waals surface area contributed by atoms with Gasteiger partial charge in [0.25, 0.3) is 5.91 Å². The summed E-state index contributed by atoms with van der Waals surface area (Å²) in [6.07, 6.45) is 0. The molecule has 0 saturated carbocycles. The van der Waals surface area contributed by atoms with Gasteiger partial charge in [-0.1, -0.05) is 24.3 Å². The van der Waals surface area contributed by atoms with Gasteiger partial charge in [-0.05, 0) is 53.6 Å². The Balaban J connectivity index is 1.38. The molecule has 3 N–H and O–H groups in total. The van der Waals surface area contributed by atoms with Crippen molar-refractivity contribution in [3.8, 4) is 5.75 Å². The van der Waals surface area contributed by atoms with Crippen molar-refractivity contribution >= 4 is 33.0 Å². The highest BCUT2D eigenvalue weighted by atomic mass is 32.2. The highest BCUT2D eigenvalue weighted by Gasteiger charge is 2.30. The van der Waals surface area contributed by atoms with Gasteiger partial charge in [-0.15, -0.1) is 0 Å². The Morgan fingerprint density at radius 2 is 1.69 bits per heavy atom. The van der Waals surface area contributed by atoms with Crippen LogP contribution in [0.15, 0.2) is 66.7 Å². The van der Waals surface area contributed by atoms with Gasteiger partial charge in [0.15, 0.2) is 9.84 Å². The minimum Gasteiger partial charge on any atom is -0.497 e. The van der Waals surface area contributed by atoms with Crippen LogP contribution in [0.3, 0.4) is 0 Å². The van der Waals surface area contributed by atoms with Crippen LogP contribution in [-0.4, -0.2) is 39.1 Å². The molecule has 182 valence electrons. The summed E-state index contributed by atoms with van der Waals surface area (Å²) in [6.45, 7) is 0.318. The summed E-state index contributed by atoms with van der Waals surface area (Å²) in [7, 11) is -2.08. The third kappa shape index (κ3) is 6.15. The number of sulfone groups is 1. The van der Waals surface area contributed by atoms with Crippen molar-refractivity contribution < 1.29 is 27.1 Å². The molecule has 2 amide bonds. The maximum atomic E-state index is 13.1. The molecule has 1 heterocycles. The average Bonchev–Trinajstić information content (AvgIpc) is 2.84. The lowest BCUT2D eigenvalue weighted by Gasteiger charge is -2.27. The number of nitrogens with one attached hydrogen (secondary N) is 3. The van der Waals surface area contributed by atoms with Gasteiger partial charge < -0.3 is 20.7 Å². The lowest BCUT2D eigenvalue weighted by atomic mass is 10.1. The standard InChI is InChI=1S/C25H24FN3O5S/c1-34-20-9-4-16(5-10-20)13-27-24(30)18-6-11-21-22(12-18)29-25(31)23(28-21)15-35(32,33)14-17-2-7-19(26)8-3-17/h2-12,23,28H,13-15H2,1H3,(H,27,30)(H,29,31). The number of hydrogen-bond acceptors (Lipinski definition) is 6. The van der Waals surface area contributed by atoms with Gasteiger partial charge in [0.1, 0.15) is 17.6 Å². The maximum Gasteiger partial charge on any atom is 0.251 e. The Hall–Kier alpha value is -3.92. The maximum absolute atomic E-state index is 13.1. The molecule has 0 bridgehead atoms. The summed E-state index contributed by atoms with van der Waals surface area (Å²) in [5, 5.41) is 8.44. The average molecular weight is 498 g/mol. The normalized spacial score (nSPS) is 14.9. The van der Waals surface area contributed by atoms with Crippen LogP contribution in [0.4, 0.5) is 15.8 Å². The van der Waals surface area contributed by atoms with Crippen LogP contribution in [0, 0.1) is 5.82 Å². The molecule has 8 nitrogen and oxygen atoms in total. The van der Waals surface area contributed by atoms with Crippen molar-refractivity contribution in [1.29, 1.82) is 0 Å². The predicted octanol–water partition coefficient (Wildman–Crippen LogP) is 3.11. The number of methoxy groups -OCH3 is 1. The number of hydrogen-bond donors (Lipinski definition) is 3. The van der Waals surface area contributed by atoms with E-state index in [4.69, 9.17) is 4.74 Å². The molecule has 0 aliphatic carbocycles. The monoisotopic (exact) mass is 497 g/mol. The van der Waals surface area contributed by atoms with Crippen LogP contribution in [0.1, 0.15) is 21.5 Å². The van der Waals surface area contributed by atoms with Crippen molar-refractivity contribution in [2.45, 2.75) is 18.3 Å². The van der Waals surface area contributed by atoms with Gasteiger partial charge in [0.05, 0.1) is 30.0 Å². The summed E-state index contributed by atoms with van der Waals surface area (Å²) in [5.41, 5.74) is 2.59. The molecule has 0 fully saturated rings. The van der Waals surface area contributed by atoms with Crippen molar-refractivity contribution in [1.82, 2.24) is 5.32 Å². The van der Waals surface area contributed by atoms with E-state index in [-0.39, 0.29) is 11.7 Å². The molecule has 1 aliphatic rings. The Bertz CT molecular complexity index is 1340. The molecule has 10 heteroatoms. The minimum atomic E-state index is -3.66. The smallest absolute Gasteiger partial charge is 0.251 e. The highest BCUT2D eigenvalue weighted by molar-refractivity contribution is 7.90. The summed E-state index contributed by atoms with van der Waals surface area (Å²) >= 11 is 0. The van der Waals surface area contributed by atoms with Crippen LogP contribution in [0.2, 0.25) is 0 Å². The topological polar surface area (TPSA) is 114 Å². The fraction of sp³-hybridized carbons (Fsp3) is 0.200. The largest absolute Gasteiger partial charge is 0.497 e. The van der Waals surface area contributed by atoms with E-state index in [2.05, 4.69) is 16.0 Å². The first-order valence-corrected chi connectivity index (χ1v) is 12.6. The molecule has 3 aromatic carbocycles. The van der Waals surface area contributed by atoms with Gasteiger partial charge >= 0.3 is 0 Å². The number of halogens is 1. The Morgan fingerprint density at radius 1 is 1.00 bits per heavy atom. The molecule has 1 aliphatic heterocycles. The number of amides is 2. The van der Waals surface area contributed by atoms with Gasteiger partial charge in [0.2, 0.25) is 5.91 Å². The zero-order valence-electron chi connectivity index (χ0n) is 18.9. The second-order valence-electron chi connectivity index (χ2n) is 8.16. The van der Waals surface area contributed by atoms with E-state index in [0.29, 0.717) is 29.0 Å². The molecule has 1 unspecified atom stereocenters. The molecular formula is C25H24FN3O5S. The highest BCUT2D eigenvalue weighted by Crippen LogP contribution is 2.28. The molecular weight excluding hydrogens is 473 g/mol. The van der Waals surface area contributed by atoms with Crippen molar-refractivity contribution in [3.05, 3.63) is 89.2 Å². The van der Waals surface area contributed by atoms with Gasteiger partial charge in [-0.2, -0.15) is 0 Å². The molecule has 4 rings (SSSR count). The molecule has 35 heavy (non-hydrogen) atoms. The quantitative estimate of drug-likeness (QED) is 0.441. The lowest BCUT2D eigenvalue weighted by Crippen LogP contribution is -2.43. The first kappa shape index (κ1) is 24.2. The third-order valence-corrected chi connectivity index (χ3v) is 7.13. The second-order valence-corrected chi connectivity index (χ2v) is 10.3. The van der Waals surface area contributed by atoms with Crippen molar-refractivity contribution in [2.24, 2.45) is 0 Å². The summed E-state index contributed by atoms with van der Waals surface area (Å²) in [5.74, 6) is -1.30. The van der Waals surface area contributed by atoms with Crippen LogP contribution in [0.25, 0.3) is 0 Å². The number of carbonyl (C=O) groups excluding carboxylic acids is 2. The van der Waals surface area contributed by atoms with Gasteiger partial charge in [-0.3, -0.25) is 9.59 Å². The van der Waals surface area contributed by atoms with Gasteiger partial charge in [-0.25, -0.2) is 12.8 Å². The fourth-order valence-electron chi connectivity index (χ4n) is 3.68. The van der Waals surface area contributed by atoms with E-state index < -0.39 is 33.4 Å². The number of rotatable bonds is 8. The third-order valence-electron chi connectivity index (χ3n) is 5.52. The van der Waals surface area contributed by atoms with Crippen LogP contribution in [0.5, 0.6) is 5.75 Å². The van der Waals surface area contributed by atoms with Crippen LogP contribution in [-0.2, 0) is 26.9 Å². The number of anilines is 2. The van der Waals surface area contributed by atoms with E-state index in [9.17, 15) is 22.4 Å². The molecule has 1 atom stereocenters. The predicted molar refractivity (Wildman–Crippen MR) is 131 cm³/mol.